The number of amides is 1. The second-order valence-corrected chi connectivity index (χ2v) is 5.63. The summed E-state index contributed by atoms with van der Waals surface area (Å²) in [5, 5.41) is 3.39. The molecule has 0 radical (unpaired) electrons. The number of halogens is 2. The quantitative estimate of drug-likeness (QED) is 0.928. The number of nitrogens with one attached hydrogen (secondary N) is 1. The Bertz CT molecular complexity index is 504. The number of ether oxygens (including phenoxy) is 1. The number of carbonyl (C=O) groups excluding carboxylic acids is 1. The minimum absolute atomic E-state index is 0.0649. The summed E-state index contributed by atoms with van der Waals surface area (Å²) in [6, 6.07) is 4.34. The van der Waals surface area contributed by atoms with Crippen LogP contribution in [-0.4, -0.2) is 43.1 Å². The highest BCUT2D eigenvalue weighted by atomic mass is 35.5. The van der Waals surface area contributed by atoms with Crippen LogP contribution in [0.1, 0.15) is 19.8 Å². The lowest BCUT2D eigenvalue weighted by Crippen LogP contribution is -2.48. The number of likely N-dealkylation sites (tertiary alicyclic amines) is 1. The minimum atomic E-state index is -0.640. The Kier molecular flexibility index (Phi) is 5.42. The summed E-state index contributed by atoms with van der Waals surface area (Å²) in [6.45, 7) is 3.12. The van der Waals surface area contributed by atoms with E-state index in [1.807, 2.05) is 7.05 Å². The zero-order valence-electron chi connectivity index (χ0n) is 12.2. The van der Waals surface area contributed by atoms with E-state index >= 15 is 0 Å². The van der Waals surface area contributed by atoms with E-state index in [1.165, 1.54) is 18.2 Å². The third-order valence-corrected chi connectivity index (χ3v) is 4.06. The largest absolute Gasteiger partial charge is 0.479 e. The number of piperidine rings is 1. The van der Waals surface area contributed by atoms with Crippen molar-refractivity contribution >= 4 is 17.5 Å². The Hall–Kier alpha value is -1.33. The van der Waals surface area contributed by atoms with E-state index in [0.29, 0.717) is 11.8 Å². The molecule has 1 heterocycles. The summed E-state index contributed by atoms with van der Waals surface area (Å²) >= 11 is 5.90. The van der Waals surface area contributed by atoms with Crippen molar-refractivity contribution in [2.75, 3.05) is 20.1 Å². The van der Waals surface area contributed by atoms with E-state index in [-0.39, 0.29) is 10.9 Å². The normalized spacial score (nSPS) is 17.6. The van der Waals surface area contributed by atoms with Gasteiger partial charge in [0.1, 0.15) is 11.6 Å². The molecular weight excluding hydrogens is 295 g/mol. The molecule has 1 aromatic rings. The fourth-order valence-electron chi connectivity index (χ4n) is 2.46. The molecule has 0 bridgehead atoms. The Labute approximate surface area is 129 Å². The second kappa shape index (κ2) is 7.09. The average molecular weight is 315 g/mol. The van der Waals surface area contributed by atoms with Gasteiger partial charge in [-0.2, -0.15) is 0 Å². The van der Waals surface area contributed by atoms with Gasteiger partial charge in [0.05, 0.1) is 5.02 Å². The van der Waals surface area contributed by atoms with Gasteiger partial charge in [-0.05, 0) is 45.0 Å². The molecule has 1 aliphatic rings. The first kappa shape index (κ1) is 16.0. The zero-order chi connectivity index (χ0) is 15.4. The molecule has 1 aromatic carbocycles. The molecule has 1 aliphatic heterocycles. The summed E-state index contributed by atoms with van der Waals surface area (Å²) in [5.74, 6) is -0.172. The SMILES string of the molecule is CNC1CCN(C(=O)C(C)Oc2ccc(F)cc2Cl)CC1. The third-order valence-electron chi connectivity index (χ3n) is 3.76. The fraction of sp³-hybridized carbons (Fsp3) is 0.533. The van der Waals surface area contributed by atoms with Crippen molar-refractivity contribution in [3.63, 3.8) is 0 Å². The molecule has 116 valence electrons. The number of nitrogens with zero attached hydrogens (tertiary/aromatic N) is 1. The number of benzene rings is 1. The van der Waals surface area contributed by atoms with Gasteiger partial charge in [0.2, 0.25) is 0 Å². The van der Waals surface area contributed by atoms with Crippen LogP contribution < -0.4 is 10.1 Å². The van der Waals surface area contributed by atoms with Gasteiger partial charge in [0.25, 0.3) is 5.91 Å². The lowest BCUT2D eigenvalue weighted by atomic mass is 10.0. The molecule has 2 rings (SSSR count). The molecule has 0 aliphatic carbocycles. The first-order valence-corrected chi connectivity index (χ1v) is 7.47. The minimum Gasteiger partial charge on any atom is -0.479 e. The molecule has 1 amide bonds. The maximum Gasteiger partial charge on any atom is 0.263 e. The summed E-state index contributed by atoms with van der Waals surface area (Å²) in [7, 11) is 1.93. The van der Waals surface area contributed by atoms with Gasteiger partial charge in [-0.25, -0.2) is 4.39 Å². The molecule has 0 spiro atoms. The summed E-state index contributed by atoms with van der Waals surface area (Å²) in [5.41, 5.74) is 0. The molecule has 4 nitrogen and oxygen atoms in total. The van der Waals surface area contributed by atoms with E-state index in [2.05, 4.69) is 5.32 Å². The Morgan fingerprint density at radius 3 is 2.71 bits per heavy atom. The topological polar surface area (TPSA) is 41.6 Å². The lowest BCUT2D eigenvalue weighted by molar-refractivity contribution is -0.139. The van der Waals surface area contributed by atoms with Crippen molar-refractivity contribution in [2.45, 2.75) is 31.9 Å². The zero-order valence-corrected chi connectivity index (χ0v) is 13.0. The first-order chi connectivity index (χ1) is 10.0. The van der Waals surface area contributed by atoms with Crippen LogP contribution in [0.25, 0.3) is 0 Å². The van der Waals surface area contributed by atoms with Crippen LogP contribution >= 0.6 is 11.6 Å². The molecule has 1 unspecified atom stereocenters. The number of hydrogen-bond acceptors (Lipinski definition) is 3. The van der Waals surface area contributed by atoms with Crippen molar-refractivity contribution in [3.8, 4) is 5.75 Å². The van der Waals surface area contributed by atoms with Crippen molar-refractivity contribution in [1.29, 1.82) is 0 Å². The van der Waals surface area contributed by atoms with Crippen molar-refractivity contribution in [3.05, 3.63) is 29.0 Å². The van der Waals surface area contributed by atoms with Crippen molar-refractivity contribution < 1.29 is 13.9 Å². The van der Waals surface area contributed by atoms with E-state index < -0.39 is 11.9 Å². The summed E-state index contributed by atoms with van der Waals surface area (Å²) < 4.78 is 18.5. The molecule has 0 saturated carbocycles. The van der Waals surface area contributed by atoms with Crippen LogP contribution in [0, 0.1) is 5.82 Å². The smallest absolute Gasteiger partial charge is 0.263 e. The van der Waals surface area contributed by atoms with Crippen LogP contribution in [0.2, 0.25) is 5.02 Å². The molecule has 1 saturated heterocycles. The Balaban J connectivity index is 1.93. The maximum absolute atomic E-state index is 13.0. The lowest BCUT2D eigenvalue weighted by Gasteiger charge is -2.33. The highest BCUT2D eigenvalue weighted by molar-refractivity contribution is 6.32. The van der Waals surface area contributed by atoms with Gasteiger partial charge in [-0.15, -0.1) is 0 Å². The predicted molar refractivity (Wildman–Crippen MR) is 80.2 cm³/mol. The van der Waals surface area contributed by atoms with Crippen LogP contribution in [0.5, 0.6) is 5.75 Å². The standard InChI is InChI=1S/C15H20ClFN2O2/c1-10(21-14-4-3-11(17)9-13(14)16)15(20)19-7-5-12(18-2)6-8-19/h3-4,9-10,12,18H,5-8H2,1-2H3. The van der Waals surface area contributed by atoms with Gasteiger partial charge < -0.3 is 15.0 Å². The number of hydrogen-bond donors (Lipinski definition) is 1. The van der Waals surface area contributed by atoms with E-state index in [4.69, 9.17) is 16.3 Å². The Morgan fingerprint density at radius 1 is 1.48 bits per heavy atom. The van der Waals surface area contributed by atoms with Gasteiger partial charge in [-0.3, -0.25) is 4.79 Å². The monoisotopic (exact) mass is 314 g/mol. The highest BCUT2D eigenvalue weighted by Crippen LogP contribution is 2.26. The third kappa shape index (κ3) is 4.08. The molecule has 6 heteroatoms. The van der Waals surface area contributed by atoms with Crippen LogP contribution in [0.4, 0.5) is 4.39 Å². The second-order valence-electron chi connectivity index (χ2n) is 5.22. The molecule has 21 heavy (non-hydrogen) atoms. The first-order valence-electron chi connectivity index (χ1n) is 7.09. The highest BCUT2D eigenvalue weighted by Gasteiger charge is 2.26. The molecule has 0 aromatic heterocycles. The summed E-state index contributed by atoms with van der Waals surface area (Å²) in [6.07, 6.45) is 1.23. The van der Waals surface area contributed by atoms with Gasteiger partial charge in [0.15, 0.2) is 6.10 Å². The van der Waals surface area contributed by atoms with Crippen LogP contribution in [0.15, 0.2) is 18.2 Å². The molecule has 1 atom stereocenters. The molecule has 1 fully saturated rings. The van der Waals surface area contributed by atoms with E-state index in [0.717, 1.165) is 25.9 Å². The van der Waals surface area contributed by atoms with Gasteiger partial charge >= 0.3 is 0 Å². The van der Waals surface area contributed by atoms with E-state index in [1.54, 1.807) is 11.8 Å². The van der Waals surface area contributed by atoms with Crippen molar-refractivity contribution in [2.24, 2.45) is 0 Å². The fourth-order valence-corrected chi connectivity index (χ4v) is 2.67. The predicted octanol–water partition coefficient (Wildman–Crippen LogP) is 2.46. The maximum atomic E-state index is 13.0. The number of rotatable bonds is 4. The average Bonchev–Trinajstić information content (AvgIpc) is 2.49. The summed E-state index contributed by atoms with van der Waals surface area (Å²) in [4.78, 5) is 14.1. The van der Waals surface area contributed by atoms with Gasteiger partial charge in [0, 0.05) is 19.1 Å². The Morgan fingerprint density at radius 2 is 2.14 bits per heavy atom. The van der Waals surface area contributed by atoms with Crippen LogP contribution in [0.3, 0.4) is 0 Å². The molecule has 1 N–H and O–H groups in total. The van der Waals surface area contributed by atoms with Gasteiger partial charge in [-0.1, -0.05) is 11.6 Å². The van der Waals surface area contributed by atoms with Crippen LogP contribution in [-0.2, 0) is 4.79 Å². The molecular formula is C15H20ClFN2O2. The van der Waals surface area contributed by atoms with E-state index in [9.17, 15) is 9.18 Å². The number of carbonyl (C=O) groups is 1. The van der Waals surface area contributed by atoms with Crippen molar-refractivity contribution in [1.82, 2.24) is 10.2 Å².